The van der Waals surface area contributed by atoms with Gasteiger partial charge in [0.25, 0.3) is 0 Å². The van der Waals surface area contributed by atoms with Gasteiger partial charge in [-0.3, -0.25) is 0 Å². The summed E-state index contributed by atoms with van der Waals surface area (Å²) in [6.07, 6.45) is -0.149. The predicted octanol–water partition coefficient (Wildman–Crippen LogP) is 1.93. The van der Waals surface area contributed by atoms with Crippen LogP contribution in [0.1, 0.15) is 19.4 Å². The summed E-state index contributed by atoms with van der Waals surface area (Å²) >= 11 is 0. The van der Waals surface area contributed by atoms with Crippen molar-refractivity contribution in [1.29, 1.82) is 0 Å². The molecule has 4 nitrogen and oxygen atoms in total. The van der Waals surface area contributed by atoms with Crippen LogP contribution in [0, 0.1) is 12.7 Å². The van der Waals surface area contributed by atoms with Crippen LogP contribution in [-0.4, -0.2) is 38.0 Å². The van der Waals surface area contributed by atoms with Crippen molar-refractivity contribution in [2.24, 2.45) is 0 Å². The van der Waals surface area contributed by atoms with Gasteiger partial charge in [-0.25, -0.2) is 12.8 Å². The molecule has 6 heteroatoms. The van der Waals surface area contributed by atoms with Crippen molar-refractivity contribution >= 4 is 10.0 Å². The molecule has 2 unspecified atom stereocenters. The van der Waals surface area contributed by atoms with Gasteiger partial charge in [-0.1, -0.05) is 0 Å². The molecule has 2 rings (SSSR count). The van der Waals surface area contributed by atoms with E-state index < -0.39 is 15.8 Å². The Morgan fingerprint density at radius 2 is 2.05 bits per heavy atom. The summed E-state index contributed by atoms with van der Waals surface area (Å²) in [5, 5.41) is 0. The smallest absolute Gasteiger partial charge is 0.243 e. The first-order valence-electron chi connectivity index (χ1n) is 6.23. The molecule has 1 aromatic rings. The third kappa shape index (κ3) is 2.66. The Balaban J connectivity index is 2.41. The zero-order valence-corrected chi connectivity index (χ0v) is 12.1. The molecule has 0 N–H and O–H groups in total. The van der Waals surface area contributed by atoms with Crippen molar-refractivity contribution in [3.63, 3.8) is 0 Å². The van der Waals surface area contributed by atoms with Crippen molar-refractivity contribution in [3.05, 3.63) is 29.6 Å². The van der Waals surface area contributed by atoms with Crippen molar-refractivity contribution in [2.75, 3.05) is 13.2 Å². The second-order valence-electron chi connectivity index (χ2n) is 4.84. The van der Waals surface area contributed by atoms with E-state index in [-0.39, 0.29) is 17.0 Å². The molecule has 1 aliphatic rings. The number of benzene rings is 1. The molecule has 0 spiro atoms. The number of ether oxygens (including phenoxy) is 1. The number of morpholine rings is 1. The maximum Gasteiger partial charge on any atom is 0.243 e. The lowest BCUT2D eigenvalue weighted by atomic mass is 10.2. The number of hydrogen-bond acceptors (Lipinski definition) is 3. The Hall–Kier alpha value is -0.980. The second kappa shape index (κ2) is 5.19. The summed E-state index contributed by atoms with van der Waals surface area (Å²) in [5.74, 6) is -0.431. The molecule has 1 aromatic carbocycles. The summed E-state index contributed by atoms with van der Waals surface area (Å²) in [4.78, 5) is 0.162. The Morgan fingerprint density at radius 1 is 1.37 bits per heavy atom. The average Bonchev–Trinajstić information content (AvgIpc) is 2.31. The van der Waals surface area contributed by atoms with E-state index in [0.717, 1.165) is 0 Å². The summed E-state index contributed by atoms with van der Waals surface area (Å²) < 4.78 is 45.2. The lowest BCUT2D eigenvalue weighted by Gasteiger charge is -2.36. The van der Waals surface area contributed by atoms with Crippen LogP contribution in [0.3, 0.4) is 0 Å². The number of aryl methyl sites for hydroxylation is 1. The van der Waals surface area contributed by atoms with E-state index in [1.807, 2.05) is 13.8 Å². The number of nitrogens with zero attached hydrogens (tertiary/aromatic N) is 1. The summed E-state index contributed by atoms with van der Waals surface area (Å²) in [7, 11) is -3.60. The third-order valence-corrected chi connectivity index (χ3v) is 5.70. The number of hydrogen-bond donors (Lipinski definition) is 0. The molecule has 1 aliphatic heterocycles. The third-order valence-electron chi connectivity index (χ3n) is 3.55. The minimum absolute atomic E-state index is 0.149. The Bertz CT molecular complexity index is 573. The lowest BCUT2D eigenvalue weighted by molar-refractivity contribution is -0.0232. The Labute approximate surface area is 113 Å². The Morgan fingerprint density at radius 3 is 2.68 bits per heavy atom. The van der Waals surface area contributed by atoms with Crippen LogP contribution in [0.25, 0.3) is 0 Å². The van der Waals surface area contributed by atoms with Crippen LogP contribution in [0.5, 0.6) is 0 Å². The van der Waals surface area contributed by atoms with Gasteiger partial charge in [0.15, 0.2) is 0 Å². The molecule has 0 saturated carbocycles. The van der Waals surface area contributed by atoms with Gasteiger partial charge in [0.1, 0.15) is 5.82 Å². The summed E-state index contributed by atoms with van der Waals surface area (Å²) in [6.45, 7) is 5.98. The molecule has 0 aliphatic carbocycles. The molecule has 1 fully saturated rings. The van der Waals surface area contributed by atoms with Crippen molar-refractivity contribution in [1.82, 2.24) is 4.31 Å². The lowest BCUT2D eigenvalue weighted by Crippen LogP contribution is -2.51. The van der Waals surface area contributed by atoms with Crippen LogP contribution >= 0.6 is 0 Å². The summed E-state index contributed by atoms with van der Waals surface area (Å²) in [5.41, 5.74) is 0.423. The van der Waals surface area contributed by atoms with Gasteiger partial charge in [0, 0.05) is 12.6 Å². The highest BCUT2D eigenvalue weighted by atomic mass is 32.2. The van der Waals surface area contributed by atoms with E-state index in [1.54, 1.807) is 6.92 Å². The first kappa shape index (κ1) is 14.4. The van der Waals surface area contributed by atoms with Gasteiger partial charge in [0.2, 0.25) is 10.0 Å². The molecule has 1 saturated heterocycles. The zero-order chi connectivity index (χ0) is 14.2. The Kier molecular flexibility index (Phi) is 3.94. The minimum Gasteiger partial charge on any atom is -0.375 e. The van der Waals surface area contributed by atoms with E-state index in [1.165, 1.54) is 22.5 Å². The van der Waals surface area contributed by atoms with E-state index in [4.69, 9.17) is 4.74 Å². The topological polar surface area (TPSA) is 46.6 Å². The second-order valence-corrected chi connectivity index (χ2v) is 6.70. The maximum atomic E-state index is 13.1. The maximum absolute atomic E-state index is 13.1. The quantitative estimate of drug-likeness (QED) is 0.835. The highest BCUT2D eigenvalue weighted by molar-refractivity contribution is 7.89. The van der Waals surface area contributed by atoms with Gasteiger partial charge < -0.3 is 4.74 Å². The fraction of sp³-hybridized carbons (Fsp3) is 0.538. The van der Waals surface area contributed by atoms with Gasteiger partial charge in [-0.05, 0) is 44.5 Å². The predicted molar refractivity (Wildman–Crippen MR) is 69.9 cm³/mol. The SMILES string of the molecule is Cc1cc(F)ccc1S(=O)(=O)N1CCOC(C)C1C. The number of sulfonamides is 1. The summed E-state index contributed by atoms with van der Waals surface area (Å²) in [6, 6.07) is 3.51. The molecular weight excluding hydrogens is 269 g/mol. The highest BCUT2D eigenvalue weighted by Crippen LogP contribution is 2.25. The molecule has 0 amide bonds. The first-order valence-corrected chi connectivity index (χ1v) is 7.67. The van der Waals surface area contributed by atoms with Crippen LogP contribution < -0.4 is 0 Å². The monoisotopic (exact) mass is 287 g/mol. The largest absolute Gasteiger partial charge is 0.375 e. The standard InChI is InChI=1S/C13H18FNO3S/c1-9-8-12(14)4-5-13(9)19(16,17)15-6-7-18-11(3)10(15)2/h4-5,8,10-11H,6-7H2,1-3H3. The van der Waals surface area contributed by atoms with E-state index in [0.29, 0.717) is 18.7 Å². The highest BCUT2D eigenvalue weighted by Gasteiger charge is 2.35. The van der Waals surface area contributed by atoms with Gasteiger partial charge in [-0.2, -0.15) is 4.31 Å². The fourth-order valence-electron chi connectivity index (χ4n) is 2.27. The molecule has 106 valence electrons. The van der Waals surface area contributed by atoms with Gasteiger partial charge >= 0.3 is 0 Å². The molecule has 0 radical (unpaired) electrons. The van der Waals surface area contributed by atoms with Crippen molar-refractivity contribution in [3.8, 4) is 0 Å². The average molecular weight is 287 g/mol. The number of halogens is 1. The molecule has 1 heterocycles. The normalized spacial score (nSPS) is 25.5. The molecule has 0 bridgehead atoms. The van der Waals surface area contributed by atoms with Crippen molar-refractivity contribution in [2.45, 2.75) is 37.8 Å². The van der Waals surface area contributed by atoms with Crippen LogP contribution in [-0.2, 0) is 14.8 Å². The minimum atomic E-state index is -3.60. The van der Waals surface area contributed by atoms with E-state index in [2.05, 4.69) is 0 Å². The van der Waals surface area contributed by atoms with Crippen LogP contribution in [0.2, 0.25) is 0 Å². The first-order chi connectivity index (χ1) is 8.84. The van der Waals surface area contributed by atoms with Gasteiger partial charge in [0.05, 0.1) is 17.6 Å². The molecule has 19 heavy (non-hydrogen) atoms. The van der Waals surface area contributed by atoms with E-state index in [9.17, 15) is 12.8 Å². The molecular formula is C13H18FNO3S. The molecule has 2 atom stereocenters. The fourth-order valence-corrected chi connectivity index (χ4v) is 4.16. The van der Waals surface area contributed by atoms with Gasteiger partial charge in [-0.15, -0.1) is 0 Å². The van der Waals surface area contributed by atoms with E-state index >= 15 is 0 Å². The van der Waals surface area contributed by atoms with Crippen molar-refractivity contribution < 1.29 is 17.5 Å². The molecule has 0 aromatic heterocycles. The zero-order valence-electron chi connectivity index (χ0n) is 11.3. The van der Waals surface area contributed by atoms with Crippen LogP contribution in [0.15, 0.2) is 23.1 Å². The van der Waals surface area contributed by atoms with Crippen LogP contribution in [0.4, 0.5) is 4.39 Å². The number of rotatable bonds is 2.